The molecule has 0 radical (unpaired) electrons. The van der Waals surface area contributed by atoms with Crippen LogP contribution in [0.15, 0.2) is 22.8 Å². The average Bonchev–Trinajstić information content (AvgIpc) is 2.96. The smallest absolute Gasteiger partial charge is 0.120 e. The highest BCUT2D eigenvalue weighted by atomic mass is 16.3. The molecule has 1 saturated heterocycles. The van der Waals surface area contributed by atoms with Crippen molar-refractivity contribution in [3.05, 3.63) is 24.2 Å². The number of furan rings is 1. The molecule has 0 aliphatic carbocycles. The van der Waals surface area contributed by atoms with E-state index in [1.807, 2.05) is 12.1 Å². The lowest BCUT2D eigenvalue weighted by Gasteiger charge is -2.16. The third kappa shape index (κ3) is 3.35. The van der Waals surface area contributed by atoms with Gasteiger partial charge in [0.05, 0.1) is 12.3 Å². The number of likely N-dealkylation sites (tertiary alicyclic amines) is 1. The van der Waals surface area contributed by atoms with Crippen LogP contribution in [0.25, 0.3) is 0 Å². The van der Waals surface area contributed by atoms with Crippen LogP contribution >= 0.6 is 0 Å². The van der Waals surface area contributed by atoms with Crippen LogP contribution in [0.2, 0.25) is 0 Å². The Labute approximate surface area is 97.8 Å². The van der Waals surface area contributed by atoms with Crippen molar-refractivity contribution in [2.75, 3.05) is 26.2 Å². The van der Waals surface area contributed by atoms with E-state index in [-0.39, 0.29) is 0 Å². The number of hydrogen-bond acceptors (Lipinski definition) is 3. The maximum Gasteiger partial charge on any atom is 0.120 e. The summed E-state index contributed by atoms with van der Waals surface area (Å²) in [4.78, 5) is 2.55. The zero-order valence-electron chi connectivity index (χ0n) is 10.1. The predicted octanol–water partition coefficient (Wildman–Crippen LogP) is 2.42. The molecule has 0 aromatic carbocycles. The Morgan fingerprint density at radius 2 is 2.25 bits per heavy atom. The van der Waals surface area contributed by atoms with E-state index in [0.29, 0.717) is 6.04 Å². The van der Waals surface area contributed by atoms with Crippen LogP contribution in [0, 0.1) is 0 Å². The lowest BCUT2D eigenvalue weighted by Crippen LogP contribution is -2.26. The fourth-order valence-electron chi connectivity index (χ4n) is 2.27. The van der Waals surface area contributed by atoms with E-state index >= 15 is 0 Å². The SMILES string of the molecule is C[C@H](NCCCN1CCCC1)c1ccco1. The van der Waals surface area contributed by atoms with Gasteiger partial charge in [0, 0.05) is 0 Å². The van der Waals surface area contributed by atoms with E-state index in [4.69, 9.17) is 4.42 Å². The van der Waals surface area contributed by atoms with E-state index < -0.39 is 0 Å². The van der Waals surface area contributed by atoms with Crippen molar-refractivity contribution in [2.24, 2.45) is 0 Å². The summed E-state index contributed by atoms with van der Waals surface area (Å²) in [5.74, 6) is 1.03. The van der Waals surface area contributed by atoms with Gasteiger partial charge in [-0.15, -0.1) is 0 Å². The minimum atomic E-state index is 0.327. The van der Waals surface area contributed by atoms with Gasteiger partial charge in [-0.05, 0) is 64.5 Å². The summed E-state index contributed by atoms with van der Waals surface area (Å²) in [7, 11) is 0. The molecule has 0 amide bonds. The van der Waals surface area contributed by atoms with Gasteiger partial charge in [-0.1, -0.05) is 0 Å². The zero-order valence-corrected chi connectivity index (χ0v) is 10.1. The first-order valence-corrected chi connectivity index (χ1v) is 6.35. The second kappa shape index (κ2) is 6.06. The first-order chi connectivity index (χ1) is 7.86. The third-order valence-electron chi connectivity index (χ3n) is 3.27. The summed E-state index contributed by atoms with van der Waals surface area (Å²) < 4.78 is 5.35. The van der Waals surface area contributed by atoms with Crippen molar-refractivity contribution in [2.45, 2.75) is 32.2 Å². The van der Waals surface area contributed by atoms with Gasteiger partial charge in [0.15, 0.2) is 0 Å². The lowest BCUT2D eigenvalue weighted by atomic mass is 10.2. The van der Waals surface area contributed by atoms with Gasteiger partial charge in [-0.25, -0.2) is 0 Å². The fourth-order valence-corrected chi connectivity index (χ4v) is 2.27. The lowest BCUT2D eigenvalue weighted by molar-refractivity contribution is 0.325. The molecule has 16 heavy (non-hydrogen) atoms. The molecule has 1 aliphatic rings. The number of hydrogen-bond donors (Lipinski definition) is 1. The van der Waals surface area contributed by atoms with Gasteiger partial charge in [0.25, 0.3) is 0 Å². The maximum atomic E-state index is 5.35. The van der Waals surface area contributed by atoms with Gasteiger partial charge in [0.2, 0.25) is 0 Å². The molecule has 0 unspecified atom stereocenters. The van der Waals surface area contributed by atoms with Crippen molar-refractivity contribution in [3.63, 3.8) is 0 Å². The van der Waals surface area contributed by atoms with Crippen molar-refractivity contribution in [3.8, 4) is 0 Å². The third-order valence-corrected chi connectivity index (χ3v) is 3.27. The Hall–Kier alpha value is -0.800. The Kier molecular flexibility index (Phi) is 4.43. The van der Waals surface area contributed by atoms with Crippen LogP contribution in [0.3, 0.4) is 0 Å². The summed E-state index contributed by atoms with van der Waals surface area (Å²) in [6, 6.07) is 4.30. The van der Waals surface area contributed by atoms with E-state index in [1.165, 1.54) is 38.9 Å². The summed E-state index contributed by atoms with van der Waals surface area (Å²) in [5.41, 5.74) is 0. The standard InChI is InChI=1S/C13H22N2O/c1-12(13-6-4-11-16-13)14-7-5-10-15-8-2-3-9-15/h4,6,11-12,14H,2-3,5,7-10H2,1H3/t12-/m0/s1. The van der Waals surface area contributed by atoms with E-state index in [2.05, 4.69) is 17.1 Å². The first kappa shape index (κ1) is 11.7. The summed E-state index contributed by atoms with van der Waals surface area (Å²) in [6.07, 6.45) is 5.73. The van der Waals surface area contributed by atoms with Gasteiger partial charge in [-0.2, -0.15) is 0 Å². The molecule has 0 bridgehead atoms. The number of nitrogens with zero attached hydrogens (tertiary/aromatic N) is 1. The van der Waals surface area contributed by atoms with Gasteiger partial charge in [0.1, 0.15) is 5.76 Å². The molecule has 1 atom stereocenters. The molecule has 2 heterocycles. The van der Waals surface area contributed by atoms with E-state index in [1.54, 1.807) is 6.26 Å². The van der Waals surface area contributed by atoms with E-state index in [9.17, 15) is 0 Å². The largest absolute Gasteiger partial charge is 0.468 e. The van der Waals surface area contributed by atoms with Crippen LogP contribution in [-0.4, -0.2) is 31.1 Å². The second-order valence-electron chi connectivity index (χ2n) is 4.59. The van der Waals surface area contributed by atoms with Crippen LogP contribution < -0.4 is 5.32 Å². The Morgan fingerprint density at radius 3 is 2.94 bits per heavy atom. The molecule has 1 fully saturated rings. The quantitative estimate of drug-likeness (QED) is 0.749. The van der Waals surface area contributed by atoms with Crippen LogP contribution in [0.4, 0.5) is 0 Å². The summed E-state index contributed by atoms with van der Waals surface area (Å²) in [6.45, 7) is 7.05. The normalized spacial score (nSPS) is 19.1. The van der Waals surface area contributed by atoms with Gasteiger partial charge < -0.3 is 14.6 Å². The van der Waals surface area contributed by atoms with Gasteiger partial charge >= 0.3 is 0 Å². The highest BCUT2D eigenvalue weighted by molar-refractivity contribution is 5.02. The molecule has 0 spiro atoms. The van der Waals surface area contributed by atoms with Crippen LogP contribution in [-0.2, 0) is 0 Å². The topological polar surface area (TPSA) is 28.4 Å². The molecule has 3 heteroatoms. The number of nitrogens with one attached hydrogen (secondary N) is 1. The molecule has 0 saturated carbocycles. The van der Waals surface area contributed by atoms with Crippen molar-refractivity contribution in [1.82, 2.24) is 10.2 Å². The molecule has 3 nitrogen and oxygen atoms in total. The predicted molar refractivity (Wildman–Crippen MR) is 65.4 cm³/mol. The summed E-state index contributed by atoms with van der Waals surface area (Å²) in [5, 5.41) is 3.49. The van der Waals surface area contributed by atoms with Crippen molar-refractivity contribution < 1.29 is 4.42 Å². The highest BCUT2D eigenvalue weighted by Gasteiger charge is 2.11. The number of rotatable bonds is 6. The highest BCUT2D eigenvalue weighted by Crippen LogP contribution is 2.12. The summed E-state index contributed by atoms with van der Waals surface area (Å²) >= 11 is 0. The van der Waals surface area contributed by atoms with E-state index in [0.717, 1.165) is 12.3 Å². The molecule has 90 valence electrons. The molecule has 2 rings (SSSR count). The minimum Gasteiger partial charge on any atom is -0.468 e. The Balaban J connectivity index is 1.57. The van der Waals surface area contributed by atoms with Gasteiger partial charge in [-0.3, -0.25) is 0 Å². The monoisotopic (exact) mass is 222 g/mol. The van der Waals surface area contributed by atoms with Crippen molar-refractivity contribution in [1.29, 1.82) is 0 Å². The second-order valence-corrected chi connectivity index (χ2v) is 4.59. The average molecular weight is 222 g/mol. The maximum absolute atomic E-state index is 5.35. The van der Waals surface area contributed by atoms with Crippen LogP contribution in [0.1, 0.15) is 38.0 Å². The Bertz CT molecular complexity index is 278. The zero-order chi connectivity index (χ0) is 11.2. The Morgan fingerprint density at radius 1 is 1.44 bits per heavy atom. The fraction of sp³-hybridized carbons (Fsp3) is 0.692. The first-order valence-electron chi connectivity index (χ1n) is 6.35. The molecule has 1 aromatic rings. The minimum absolute atomic E-state index is 0.327. The molecule has 1 aromatic heterocycles. The van der Waals surface area contributed by atoms with Crippen LogP contribution in [0.5, 0.6) is 0 Å². The molecular weight excluding hydrogens is 200 g/mol. The van der Waals surface area contributed by atoms with Crippen molar-refractivity contribution >= 4 is 0 Å². The molecular formula is C13H22N2O. The molecule has 1 aliphatic heterocycles. The molecule has 1 N–H and O–H groups in total.